The highest BCUT2D eigenvalue weighted by molar-refractivity contribution is 7.89. The molecule has 1 saturated heterocycles. The molecule has 2 heterocycles. The quantitative estimate of drug-likeness (QED) is 0.879. The lowest BCUT2D eigenvalue weighted by molar-refractivity contribution is 0.0716. The average Bonchev–Trinajstić information content (AvgIpc) is 3.08. The van der Waals surface area contributed by atoms with Crippen LogP contribution in [0.3, 0.4) is 0 Å². The Morgan fingerprint density at radius 1 is 1.35 bits per heavy atom. The summed E-state index contributed by atoms with van der Waals surface area (Å²) in [7, 11) is -3.17. The summed E-state index contributed by atoms with van der Waals surface area (Å²) in [4.78, 5) is 16.7. The van der Waals surface area contributed by atoms with Gasteiger partial charge in [-0.25, -0.2) is 13.1 Å². The van der Waals surface area contributed by atoms with Crippen molar-refractivity contribution in [3.05, 3.63) is 21.4 Å². The van der Waals surface area contributed by atoms with Crippen LogP contribution < -0.4 is 4.72 Å². The van der Waals surface area contributed by atoms with E-state index in [1.165, 1.54) is 16.9 Å². The molecule has 0 unspecified atom stereocenters. The minimum Gasteiger partial charge on any atom is -0.338 e. The Morgan fingerprint density at radius 2 is 2.09 bits per heavy atom. The maximum atomic E-state index is 12.6. The first kappa shape index (κ1) is 16.9. The number of hydrogen-bond acceptors (Lipinski definition) is 4. The third-order valence-electron chi connectivity index (χ3n) is 4.56. The lowest BCUT2D eigenvalue weighted by atomic mass is 10.1. The molecule has 5 nitrogen and oxygen atoms in total. The van der Waals surface area contributed by atoms with Crippen LogP contribution in [0, 0.1) is 0 Å². The van der Waals surface area contributed by atoms with Crippen molar-refractivity contribution in [1.29, 1.82) is 0 Å². The van der Waals surface area contributed by atoms with Gasteiger partial charge in [-0.3, -0.25) is 4.79 Å². The van der Waals surface area contributed by atoms with Crippen LogP contribution in [0.15, 0.2) is 6.07 Å². The number of nitrogens with zero attached hydrogens (tertiary/aromatic N) is 1. The number of likely N-dealkylation sites (tertiary alicyclic amines) is 1. The second-order valence-electron chi connectivity index (χ2n) is 6.42. The Kier molecular flexibility index (Phi) is 5.08. The highest BCUT2D eigenvalue weighted by Crippen LogP contribution is 2.31. The molecular formula is C16H24N2O3S2. The number of thiophene rings is 1. The fourth-order valence-corrected chi connectivity index (χ4v) is 5.99. The summed E-state index contributed by atoms with van der Waals surface area (Å²) < 4.78 is 26.4. The Labute approximate surface area is 142 Å². The maximum Gasteiger partial charge on any atom is 0.263 e. The summed E-state index contributed by atoms with van der Waals surface area (Å²) in [5, 5.41) is 0. The summed E-state index contributed by atoms with van der Waals surface area (Å²) >= 11 is 1.64. The van der Waals surface area contributed by atoms with Crippen LogP contribution in [0.4, 0.5) is 0 Å². The number of sulfonamides is 1. The Hall–Kier alpha value is -0.920. The third kappa shape index (κ3) is 3.95. The molecule has 0 atom stereocenters. The van der Waals surface area contributed by atoms with Crippen LogP contribution in [-0.4, -0.2) is 44.1 Å². The number of amides is 1. The predicted octanol–water partition coefficient (Wildman–Crippen LogP) is 2.17. The van der Waals surface area contributed by atoms with E-state index in [2.05, 4.69) is 10.8 Å². The molecule has 1 aromatic heterocycles. The first-order valence-corrected chi connectivity index (χ1v) is 10.9. The fraction of sp³-hybridized carbons (Fsp3) is 0.688. The van der Waals surface area contributed by atoms with E-state index in [0.29, 0.717) is 32.4 Å². The molecule has 0 bridgehead atoms. The van der Waals surface area contributed by atoms with Gasteiger partial charge in [0.1, 0.15) is 0 Å². The molecule has 23 heavy (non-hydrogen) atoms. The minimum atomic E-state index is -3.17. The van der Waals surface area contributed by atoms with Crippen molar-refractivity contribution in [1.82, 2.24) is 9.62 Å². The molecule has 1 N–H and O–H groups in total. The molecule has 0 spiro atoms. The molecule has 3 rings (SSSR count). The van der Waals surface area contributed by atoms with E-state index < -0.39 is 10.0 Å². The van der Waals surface area contributed by atoms with Gasteiger partial charge < -0.3 is 4.90 Å². The topological polar surface area (TPSA) is 66.5 Å². The van der Waals surface area contributed by atoms with E-state index in [0.717, 1.165) is 17.7 Å². The van der Waals surface area contributed by atoms with Gasteiger partial charge in [0.25, 0.3) is 5.91 Å². The predicted molar refractivity (Wildman–Crippen MR) is 92.5 cm³/mol. The van der Waals surface area contributed by atoms with Gasteiger partial charge >= 0.3 is 0 Å². The second-order valence-corrected chi connectivity index (χ2v) is 9.43. The zero-order chi connectivity index (χ0) is 16.4. The van der Waals surface area contributed by atoms with Gasteiger partial charge in [0.15, 0.2) is 0 Å². The molecule has 1 amide bonds. The summed E-state index contributed by atoms with van der Waals surface area (Å²) in [6.45, 7) is 3.11. The van der Waals surface area contributed by atoms with E-state index >= 15 is 0 Å². The number of fused-ring (bicyclic) bond motifs is 1. The van der Waals surface area contributed by atoms with Crippen LogP contribution in [0.1, 0.15) is 52.7 Å². The van der Waals surface area contributed by atoms with Crippen molar-refractivity contribution in [2.24, 2.45) is 0 Å². The highest BCUT2D eigenvalue weighted by Gasteiger charge is 2.28. The zero-order valence-corrected chi connectivity index (χ0v) is 15.1. The molecule has 1 aromatic rings. The smallest absolute Gasteiger partial charge is 0.263 e. The molecule has 0 aromatic carbocycles. The average molecular weight is 357 g/mol. The van der Waals surface area contributed by atoms with Crippen LogP contribution in [0.2, 0.25) is 0 Å². The van der Waals surface area contributed by atoms with E-state index in [-0.39, 0.29) is 17.7 Å². The van der Waals surface area contributed by atoms with Crippen molar-refractivity contribution < 1.29 is 13.2 Å². The molecule has 7 heteroatoms. The summed E-state index contributed by atoms with van der Waals surface area (Å²) in [6, 6.07) is 2.02. The van der Waals surface area contributed by atoms with E-state index in [4.69, 9.17) is 0 Å². The summed E-state index contributed by atoms with van der Waals surface area (Å²) in [5.74, 6) is 0.284. The van der Waals surface area contributed by atoms with Gasteiger partial charge in [0.2, 0.25) is 10.0 Å². The monoisotopic (exact) mass is 356 g/mol. The molecule has 0 saturated carbocycles. The molecular weight excluding hydrogens is 332 g/mol. The molecule has 1 aliphatic carbocycles. The first-order chi connectivity index (χ1) is 11.0. The zero-order valence-electron chi connectivity index (χ0n) is 13.5. The molecule has 1 aliphatic heterocycles. The molecule has 2 aliphatic rings. The standard InChI is InChI=1S/C16H24N2O3S2/c1-2-10-23(20,21)17-13-6-8-18(9-7-13)16(19)15-11-12-4-3-5-14(12)22-15/h11,13,17H,2-10H2,1H3. The number of rotatable bonds is 5. The lowest BCUT2D eigenvalue weighted by Crippen LogP contribution is -2.46. The van der Waals surface area contributed by atoms with E-state index in [1.54, 1.807) is 11.3 Å². The largest absolute Gasteiger partial charge is 0.338 e. The number of carbonyl (C=O) groups excluding carboxylic acids is 1. The Balaban J connectivity index is 1.55. The van der Waals surface area contributed by atoms with Crippen molar-refractivity contribution in [3.63, 3.8) is 0 Å². The van der Waals surface area contributed by atoms with Gasteiger partial charge in [0, 0.05) is 24.0 Å². The Bertz CT molecular complexity index is 652. The van der Waals surface area contributed by atoms with Gasteiger partial charge in [0.05, 0.1) is 10.6 Å². The summed E-state index contributed by atoms with van der Waals surface area (Å²) in [6.07, 6.45) is 5.42. The van der Waals surface area contributed by atoms with Crippen molar-refractivity contribution in [2.45, 2.75) is 51.5 Å². The van der Waals surface area contributed by atoms with E-state index in [1.807, 2.05) is 11.8 Å². The number of aryl methyl sites for hydroxylation is 2. The molecule has 128 valence electrons. The van der Waals surface area contributed by atoms with Gasteiger partial charge in [-0.15, -0.1) is 11.3 Å². The fourth-order valence-electron chi connectivity index (χ4n) is 3.37. The number of nitrogens with one attached hydrogen (secondary N) is 1. The Morgan fingerprint density at radius 3 is 2.74 bits per heavy atom. The summed E-state index contributed by atoms with van der Waals surface area (Å²) in [5.41, 5.74) is 1.35. The second kappa shape index (κ2) is 6.91. The van der Waals surface area contributed by atoms with Crippen LogP contribution in [-0.2, 0) is 22.9 Å². The van der Waals surface area contributed by atoms with Crippen molar-refractivity contribution in [3.8, 4) is 0 Å². The normalized spacial score (nSPS) is 19.1. The SMILES string of the molecule is CCCS(=O)(=O)NC1CCN(C(=O)c2cc3c(s2)CCC3)CC1. The minimum absolute atomic E-state index is 0.0380. The van der Waals surface area contributed by atoms with Crippen molar-refractivity contribution >= 4 is 27.3 Å². The lowest BCUT2D eigenvalue weighted by Gasteiger charge is -2.32. The maximum absolute atomic E-state index is 12.6. The number of carbonyl (C=O) groups is 1. The molecule has 1 fully saturated rings. The molecule has 0 radical (unpaired) electrons. The van der Waals surface area contributed by atoms with Crippen LogP contribution >= 0.6 is 11.3 Å². The van der Waals surface area contributed by atoms with E-state index in [9.17, 15) is 13.2 Å². The third-order valence-corrected chi connectivity index (χ3v) is 7.42. The van der Waals surface area contributed by atoms with Crippen molar-refractivity contribution in [2.75, 3.05) is 18.8 Å². The van der Waals surface area contributed by atoms with Gasteiger partial charge in [-0.1, -0.05) is 6.92 Å². The van der Waals surface area contributed by atoms with Gasteiger partial charge in [-0.2, -0.15) is 0 Å². The number of hydrogen-bond donors (Lipinski definition) is 1. The first-order valence-electron chi connectivity index (χ1n) is 8.39. The van der Waals surface area contributed by atoms with Gasteiger partial charge in [-0.05, 0) is 50.2 Å². The van der Waals surface area contributed by atoms with Crippen LogP contribution in [0.5, 0.6) is 0 Å². The highest BCUT2D eigenvalue weighted by atomic mass is 32.2. The van der Waals surface area contributed by atoms with Crippen LogP contribution in [0.25, 0.3) is 0 Å². The number of piperidine rings is 1.